The topological polar surface area (TPSA) is 62.7 Å². The second-order valence-corrected chi connectivity index (χ2v) is 10.9. The summed E-state index contributed by atoms with van der Waals surface area (Å²) in [7, 11) is 0.926. The Morgan fingerprint density at radius 2 is 1.88 bits per heavy atom. The minimum absolute atomic E-state index is 0.146. The summed E-state index contributed by atoms with van der Waals surface area (Å²) < 4.78 is 17.9. The van der Waals surface area contributed by atoms with Gasteiger partial charge in [-0.15, -0.1) is 0 Å². The Morgan fingerprint density at radius 1 is 1.21 bits per heavy atom. The average molecular weight is 360 g/mol. The highest BCUT2D eigenvalue weighted by Crippen LogP contribution is 2.33. The van der Waals surface area contributed by atoms with Crippen LogP contribution >= 0.6 is 0 Å². The van der Waals surface area contributed by atoms with E-state index < -0.39 is 10.8 Å². The van der Waals surface area contributed by atoms with Crippen molar-refractivity contribution in [2.75, 3.05) is 32.5 Å². The molecule has 5 nitrogen and oxygen atoms in total. The third-order valence-electron chi connectivity index (χ3n) is 4.32. The van der Waals surface area contributed by atoms with E-state index in [9.17, 15) is 4.21 Å². The molecule has 6 heteroatoms. The van der Waals surface area contributed by atoms with Crippen molar-refractivity contribution < 1.29 is 8.95 Å². The lowest BCUT2D eigenvalue weighted by Gasteiger charge is -2.40. The first kappa shape index (κ1) is 21.4. The molecule has 0 aromatic carbocycles. The molecule has 0 bridgehead atoms. The summed E-state index contributed by atoms with van der Waals surface area (Å²) >= 11 is 0. The Balaban J connectivity index is 2.44. The maximum Gasteiger partial charge on any atom is 0.191 e. The highest BCUT2D eigenvalue weighted by atomic mass is 32.2. The molecule has 1 rings (SSSR count). The van der Waals surface area contributed by atoms with Crippen molar-refractivity contribution in [3.8, 4) is 0 Å². The lowest BCUT2D eigenvalue weighted by molar-refractivity contribution is -0.0835. The molecule has 3 atom stereocenters. The molecule has 1 heterocycles. The maximum absolute atomic E-state index is 12.1. The van der Waals surface area contributed by atoms with Crippen LogP contribution < -0.4 is 10.6 Å². The Morgan fingerprint density at radius 3 is 2.42 bits per heavy atom. The zero-order chi connectivity index (χ0) is 18.4. The van der Waals surface area contributed by atoms with Crippen LogP contribution in [-0.4, -0.2) is 53.5 Å². The zero-order valence-corrected chi connectivity index (χ0v) is 17.4. The molecule has 0 amide bonds. The number of nitrogens with one attached hydrogen (secondary N) is 2. The van der Waals surface area contributed by atoms with Gasteiger partial charge in [0.25, 0.3) is 0 Å². The highest BCUT2D eigenvalue weighted by Gasteiger charge is 2.35. The smallest absolute Gasteiger partial charge is 0.191 e. The lowest BCUT2D eigenvalue weighted by atomic mass is 9.78. The van der Waals surface area contributed by atoms with Gasteiger partial charge in [0.1, 0.15) is 0 Å². The number of hydrogen-bond acceptors (Lipinski definition) is 3. The molecule has 1 fully saturated rings. The van der Waals surface area contributed by atoms with Crippen LogP contribution in [0.4, 0.5) is 0 Å². The molecule has 24 heavy (non-hydrogen) atoms. The van der Waals surface area contributed by atoms with Gasteiger partial charge in [0.15, 0.2) is 5.96 Å². The summed E-state index contributed by atoms with van der Waals surface area (Å²) in [5.74, 6) is 1.89. The predicted octanol–water partition coefficient (Wildman–Crippen LogP) is 2.54. The van der Waals surface area contributed by atoms with Gasteiger partial charge >= 0.3 is 0 Å². The van der Waals surface area contributed by atoms with E-state index in [1.165, 1.54) is 6.42 Å². The third-order valence-corrected chi connectivity index (χ3v) is 6.26. The van der Waals surface area contributed by atoms with Crippen LogP contribution in [0.3, 0.4) is 0 Å². The molecule has 0 spiro atoms. The molecular formula is C18H37N3O2S. The van der Waals surface area contributed by atoms with Gasteiger partial charge in [-0.05, 0) is 39.0 Å². The standard InChI is InChI=1S/C18H37N3O2S/c1-17(2,3)15-14(9-8-11-23-15)13-21-16(19-7)20-10-12-24(22)18(4,5)6/h14-15H,8-13H2,1-7H3,(H2,19,20,21). The van der Waals surface area contributed by atoms with Crippen LogP contribution in [0.25, 0.3) is 0 Å². The number of rotatable bonds is 5. The second kappa shape index (κ2) is 9.18. The molecule has 0 radical (unpaired) electrons. The molecule has 1 saturated heterocycles. The number of nitrogens with zero attached hydrogens (tertiary/aromatic N) is 1. The van der Waals surface area contributed by atoms with Gasteiger partial charge in [0, 0.05) is 54.0 Å². The number of aliphatic imine (C=N–C) groups is 1. The summed E-state index contributed by atoms with van der Waals surface area (Å²) in [6.07, 6.45) is 2.57. The summed E-state index contributed by atoms with van der Waals surface area (Å²) in [6.45, 7) is 15.1. The van der Waals surface area contributed by atoms with Crippen LogP contribution in [-0.2, 0) is 15.5 Å². The van der Waals surface area contributed by atoms with E-state index in [1.54, 1.807) is 7.05 Å². The van der Waals surface area contributed by atoms with Crippen LogP contribution in [0.1, 0.15) is 54.4 Å². The van der Waals surface area contributed by atoms with Crippen LogP contribution in [0.2, 0.25) is 0 Å². The Bertz CT molecular complexity index is 439. The van der Waals surface area contributed by atoms with E-state index >= 15 is 0 Å². The summed E-state index contributed by atoms with van der Waals surface area (Å²) in [4.78, 5) is 4.27. The Kier molecular flexibility index (Phi) is 8.20. The molecule has 1 aliphatic rings. The van der Waals surface area contributed by atoms with E-state index in [2.05, 4.69) is 36.4 Å². The Labute approximate surface area is 150 Å². The molecule has 0 aromatic rings. The largest absolute Gasteiger partial charge is 0.377 e. The van der Waals surface area contributed by atoms with Crippen LogP contribution in [0, 0.1) is 11.3 Å². The Hall–Kier alpha value is -0.620. The third kappa shape index (κ3) is 7.09. The predicted molar refractivity (Wildman–Crippen MR) is 104 cm³/mol. The fraction of sp³-hybridized carbons (Fsp3) is 0.944. The average Bonchev–Trinajstić information content (AvgIpc) is 2.48. The van der Waals surface area contributed by atoms with Gasteiger partial charge in [-0.25, -0.2) is 0 Å². The SMILES string of the molecule is CN=C(NCCS(=O)C(C)(C)C)NCC1CCCOC1C(C)(C)C. The maximum atomic E-state index is 12.1. The minimum Gasteiger partial charge on any atom is -0.377 e. The van der Waals surface area contributed by atoms with E-state index in [-0.39, 0.29) is 16.3 Å². The summed E-state index contributed by atoms with van der Waals surface area (Å²) in [6, 6.07) is 0. The van der Waals surface area contributed by atoms with Gasteiger partial charge in [-0.1, -0.05) is 20.8 Å². The number of ether oxygens (including phenoxy) is 1. The summed E-state index contributed by atoms with van der Waals surface area (Å²) in [5, 5.41) is 6.68. The van der Waals surface area contributed by atoms with Crippen molar-refractivity contribution in [2.45, 2.75) is 65.2 Å². The van der Waals surface area contributed by atoms with Crippen molar-refractivity contribution in [3.63, 3.8) is 0 Å². The molecule has 0 aliphatic carbocycles. The monoisotopic (exact) mass is 359 g/mol. The fourth-order valence-electron chi connectivity index (χ4n) is 3.03. The van der Waals surface area contributed by atoms with Gasteiger partial charge in [0.05, 0.1) is 6.10 Å². The second-order valence-electron chi connectivity index (χ2n) is 8.60. The van der Waals surface area contributed by atoms with Crippen LogP contribution in [0.5, 0.6) is 0 Å². The molecule has 2 N–H and O–H groups in total. The van der Waals surface area contributed by atoms with Crippen molar-refractivity contribution >= 4 is 16.8 Å². The van der Waals surface area contributed by atoms with Gasteiger partial charge in [-0.3, -0.25) is 9.20 Å². The first-order valence-electron chi connectivity index (χ1n) is 9.00. The first-order chi connectivity index (χ1) is 11.1. The molecule has 142 valence electrons. The highest BCUT2D eigenvalue weighted by molar-refractivity contribution is 7.86. The molecule has 1 aliphatic heterocycles. The van der Waals surface area contributed by atoms with E-state index in [0.717, 1.165) is 25.5 Å². The van der Waals surface area contributed by atoms with Gasteiger partial charge < -0.3 is 15.4 Å². The minimum atomic E-state index is -0.847. The van der Waals surface area contributed by atoms with Gasteiger partial charge in [-0.2, -0.15) is 0 Å². The first-order valence-corrected chi connectivity index (χ1v) is 10.3. The normalized spacial score (nSPS) is 24.5. The quantitative estimate of drug-likeness (QED) is 0.585. The number of hydrogen-bond donors (Lipinski definition) is 2. The van der Waals surface area contributed by atoms with Crippen molar-refractivity contribution in [3.05, 3.63) is 0 Å². The van der Waals surface area contributed by atoms with Gasteiger partial charge in [0.2, 0.25) is 0 Å². The van der Waals surface area contributed by atoms with Crippen molar-refractivity contribution in [2.24, 2.45) is 16.3 Å². The zero-order valence-electron chi connectivity index (χ0n) is 16.6. The molecule has 0 saturated carbocycles. The van der Waals surface area contributed by atoms with E-state index in [4.69, 9.17) is 4.74 Å². The molecule has 3 unspecified atom stereocenters. The summed E-state index contributed by atoms with van der Waals surface area (Å²) in [5.41, 5.74) is 0.146. The lowest BCUT2D eigenvalue weighted by Crippen LogP contribution is -2.48. The van der Waals surface area contributed by atoms with E-state index in [0.29, 0.717) is 18.2 Å². The van der Waals surface area contributed by atoms with Crippen LogP contribution in [0.15, 0.2) is 4.99 Å². The molecule has 0 aromatic heterocycles. The molecular weight excluding hydrogens is 322 g/mol. The number of guanidine groups is 1. The van der Waals surface area contributed by atoms with Crippen molar-refractivity contribution in [1.29, 1.82) is 0 Å². The van der Waals surface area contributed by atoms with Crippen molar-refractivity contribution in [1.82, 2.24) is 10.6 Å². The van der Waals surface area contributed by atoms with E-state index in [1.807, 2.05) is 20.8 Å². The fourth-order valence-corrected chi connectivity index (χ4v) is 3.93.